The number of H-pyrrole nitrogens is 1. The molecule has 1 aromatic heterocycles. The minimum absolute atomic E-state index is 0. The Labute approximate surface area is 141 Å². The van der Waals surface area contributed by atoms with Crippen LogP contribution in [0, 0.1) is 5.92 Å². The summed E-state index contributed by atoms with van der Waals surface area (Å²) in [4.78, 5) is 16.6. The van der Waals surface area contributed by atoms with Gasteiger partial charge in [0.1, 0.15) is 6.33 Å². The summed E-state index contributed by atoms with van der Waals surface area (Å²) in [5, 5.41) is 9.61. The number of anilines is 1. The van der Waals surface area contributed by atoms with Crippen LogP contribution in [0.2, 0.25) is 0 Å². The van der Waals surface area contributed by atoms with E-state index in [0.29, 0.717) is 5.82 Å². The third-order valence-corrected chi connectivity index (χ3v) is 4.41. The maximum absolute atomic E-state index is 12.5. The van der Waals surface area contributed by atoms with Gasteiger partial charge >= 0.3 is 0 Å². The van der Waals surface area contributed by atoms with E-state index in [1.54, 1.807) is 0 Å². The van der Waals surface area contributed by atoms with E-state index in [1.807, 2.05) is 31.2 Å². The van der Waals surface area contributed by atoms with E-state index in [4.69, 9.17) is 5.73 Å². The standard InChI is InChI=1S/C16H21N5O.ClH/c1-16(17)9-3-2-4-13(16)15(22)20-12-7-5-11(6-8-12)14-18-10-19-21-14;/h5-8,10,13H,2-4,9,17H2,1H3,(H,20,22)(H,18,19,21);1H. The Bertz CT molecular complexity index is 639. The lowest BCUT2D eigenvalue weighted by Gasteiger charge is -2.37. The molecule has 23 heavy (non-hydrogen) atoms. The SMILES string of the molecule is CC1(N)CCCCC1C(=O)Nc1ccc(-c2ncn[nH]2)cc1.Cl. The van der Waals surface area contributed by atoms with Crippen LogP contribution in [-0.4, -0.2) is 26.6 Å². The maximum atomic E-state index is 12.5. The van der Waals surface area contributed by atoms with Gasteiger partial charge in [0, 0.05) is 16.8 Å². The molecule has 1 aliphatic carbocycles. The van der Waals surface area contributed by atoms with Gasteiger partial charge in [0.2, 0.25) is 5.91 Å². The van der Waals surface area contributed by atoms with E-state index in [-0.39, 0.29) is 24.2 Å². The number of amides is 1. The zero-order valence-electron chi connectivity index (χ0n) is 13.1. The number of nitrogens with one attached hydrogen (secondary N) is 2. The molecular formula is C16H22ClN5O. The molecule has 6 nitrogen and oxygen atoms in total. The molecule has 2 aromatic rings. The van der Waals surface area contributed by atoms with Crippen LogP contribution in [-0.2, 0) is 4.79 Å². The predicted octanol–water partition coefficient (Wildman–Crippen LogP) is 2.74. The van der Waals surface area contributed by atoms with Crippen molar-refractivity contribution in [3.8, 4) is 11.4 Å². The Morgan fingerprint density at radius 3 is 2.70 bits per heavy atom. The first-order chi connectivity index (χ1) is 10.6. The van der Waals surface area contributed by atoms with E-state index in [1.165, 1.54) is 6.33 Å². The summed E-state index contributed by atoms with van der Waals surface area (Å²) in [6, 6.07) is 7.54. The van der Waals surface area contributed by atoms with E-state index in [9.17, 15) is 4.79 Å². The van der Waals surface area contributed by atoms with Crippen molar-refractivity contribution in [1.82, 2.24) is 15.2 Å². The quantitative estimate of drug-likeness (QED) is 0.803. The normalized spacial score (nSPS) is 23.8. The lowest BCUT2D eigenvalue weighted by molar-refractivity contribution is -0.122. The molecule has 124 valence electrons. The second-order valence-electron chi connectivity index (χ2n) is 6.20. The summed E-state index contributed by atoms with van der Waals surface area (Å²) in [6.07, 6.45) is 5.39. The maximum Gasteiger partial charge on any atom is 0.229 e. The minimum Gasteiger partial charge on any atom is -0.326 e. The highest BCUT2D eigenvalue weighted by molar-refractivity contribution is 5.93. The van der Waals surface area contributed by atoms with Gasteiger partial charge in [-0.05, 0) is 44.0 Å². The van der Waals surface area contributed by atoms with Gasteiger partial charge in [-0.2, -0.15) is 5.10 Å². The molecule has 1 heterocycles. The first-order valence-corrected chi connectivity index (χ1v) is 7.62. The first kappa shape index (κ1) is 17.4. The number of carbonyl (C=O) groups is 1. The number of nitrogens with zero attached hydrogens (tertiary/aromatic N) is 2. The molecule has 1 aliphatic rings. The Hall–Kier alpha value is -1.92. The monoisotopic (exact) mass is 335 g/mol. The zero-order chi connectivity index (χ0) is 15.6. The Kier molecular flexibility index (Phi) is 5.38. The van der Waals surface area contributed by atoms with E-state index < -0.39 is 5.54 Å². The van der Waals surface area contributed by atoms with Crippen LogP contribution in [0.5, 0.6) is 0 Å². The molecule has 0 radical (unpaired) electrons. The fourth-order valence-electron chi connectivity index (χ4n) is 3.07. The average molecular weight is 336 g/mol. The van der Waals surface area contributed by atoms with E-state index >= 15 is 0 Å². The second kappa shape index (κ2) is 7.10. The third-order valence-electron chi connectivity index (χ3n) is 4.41. The van der Waals surface area contributed by atoms with E-state index in [2.05, 4.69) is 20.5 Å². The van der Waals surface area contributed by atoms with Crippen LogP contribution >= 0.6 is 12.4 Å². The Morgan fingerprint density at radius 2 is 2.09 bits per heavy atom. The highest BCUT2D eigenvalue weighted by Gasteiger charge is 2.37. The van der Waals surface area contributed by atoms with Gasteiger partial charge < -0.3 is 11.1 Å². The molecule has 1 fully saturated rings. The number of hydrogen-bond acceptors (Lipinski definition) is 4. The number of halogens is 1. The van der Waals surface area contributed by atoms with Gasteiger partial charge in [-0.3, -0.25) is 9.89 Å². The second-order valence-corrected chi connectivity index (χ2v) is 6.20. The van der Waals surface area contributed by atoms with Crippen LogP contribution < -0.4 is 11.1 Å². The number of benzene rings is 1. The average Bonchev–Trinajstić information content (AvgIpc) is 3.01. The fourth-order valence-corrected chi connectivity index (χ4v) is 3.07. The molecule has 4 N–H and O–H groups in total. The van der Waals surface area contributed by atoms with Gasteiger partial charge in [-0.1, -0.05) is 12.8 Å². The molecule has 0 spiro atoms. The number of rotatable bonds is 3. The molecule has 1 amide bonds. The molecular weight excluding hydrogens is 314 g/mol. The molecule has 3 rings (SSSR count). The number of carbonyl (C=O) groups excluding carboxylic acids is 1. The highest BCUT2D eigenvalue weighted by Crippen LogP contribution is 2.32. The highest BCUT2D eigenvalue weighted by atomic mass is 35.5. The molecule has 1 saturated carbocycles. The third kappa shape index (κ3) is 3.89. The fraction of sp³-hybridized carbons (Fsp3) is 0.438. The summed E-state index contributed by atoms with van der Waals surface area (Å²) in [5.41, 5.74) is 7.57. The van der Waals surface area contributed by atoms with Gasteiger partial charge in [0.25, 0.3) is 0 Å². The van der Waals surface area contributed by atoms with Crippen LogP contribution in [0.1, 0.15) is 32.6 Å². The lowest BCUT2D eigenvalue weighted by atomic mass is 9.74. The molecule has 2 atom stereocenters. The molecule has 0 bridgehead atoms. The van der Waals surface area contributed by atoms with Crippen molar-refractivity contribution in [3.63, 3.8) is 0 Å². The lowest BCUT2D eigenvalue weighted by Crippen LogP contribution is -2.51. The van der Waals surface area contributed by atoms with Crippen LogP contribution in [0.3, 0.4) is 0 Å². The van der Waals surface area contributed by atoms with Gasteiger partial charge in [0.15, 0.2) is 5.82 Å². The van der Waals surface area contributed by atoms with Crippen molar-refractivity contribution in [3.05, 3.63) is 30.6 Å². The van der Waals surface area contributed by atoms with Crippen molar-refractivity contribution in [2.45, 2.75) is 38.1 Å². The van der Waals surface area contributed by atoms with Gasteiger partial charge in [-0.25, -0.2) is 4.98 Å². The number of hydrogen-bond donors (Lipinski definition) is 3. The van der Waals surface area contributed by atoms with Crippen molar-refractivity contribution in [2.24, 2.45) is 11.7 Å². The predicted molar refractivity (Wildman–Crippen MR) is 92.2 cm³/mol. The summed E-state index contributed by atoms with van der Waals surface area (Å²) >= 11 is 0. The Balaban J connectivity index is 0.00000192. The first-order valence-electron chi connectivity index (χ1n) is 7.62. The minimum atomic E-state index is -0.415. The van der Waals surface area contributed by atoms with Crippen molar-refractivity contribution in [1.29, 1.82) is 0 Å². The van der Waals surface area contributed by atoms with Gasteiger partial charge in [-0.15, -0.1) is 12.4 Å². The molecule has 0 aliphatic heterocycles. The summed E-state index contributed by atoms with van der Waals surface area (Å²) in [6.45, 7) is 1.98. The van der Waals surface area contributed by atoms with Gasteiger partial charge in [0.05, 0.1) is 5.92 Å². The van der Waals surface area contributed by atoms with Crippen LogP contribution in [0.15, 0.2) is 30.6 Å². The smallest absolute Gasteiger partial charge is 0.229 e. The summed E-state index contributed by atoms with van der Waals surface area (Å²) in [5.74, 6) is 0.590. The molecule has 7 heteroatoms. The van der Waals surface area contributed by atoms with Crippen molar-refractivity contribution in [2.75, 3.05) is 5.32 Å². The molecule has 0 saturated heterocycles. The van der Waals surface area contributed by atoms with Crippen molar-refractivity contribution >= 4 is 24.0 Å². The molecule has 1 aromatic carbocycles. The number of aromatic nitrogens is 3. The summed E-state index contributed by atoms with van der Waals surface area (Å²) in [7, 11) is 0. The van der Waals surface area contributed by atoms with Crippen LogP contribution in [0.4, 0.5) is 5.69 Å². The number of aromatic amines is 1. The summed E-state index contributed by atoms with van der Waals surface area (Å²) < 4.78 is 0. The molecule has 2 unspecified atom stereocenters. The number of nitrogens with two attached hydrogens (primary N) is 1. The largest absolute Gasteiger partial charge is 0.326 e. The Morgan fingerprint density at radius 1 is 1.35 bits per heavy atom. The topological polar surface area (TPSA) is 96.7 Å². The van der Waals surface area contributed by atoms with Crippen molar-refractivity contribution < 1.29 is 4.79 Å². The van der Waals surface area contributed by atoms with Crippen LogP contribution in [0.25, 0.3) is 11.4 Å². The van der Waals surface area contributed by atoms with E-state index in [0.717, 1.165) is 36.9 Å². The zero-order valence-corrected chi connectivity index (χ0v) is 13.9.